The van der Waals surface area contributed by atoms with E-state index in [4.69, 9.17) is 11.6 Å². The summed E-state index contributed by atoms with van der Waals surface area (Å²) in [5.41, 5.74) is 2.67. The first-order chi connectivity index (χ1) is 8.50. The number of nitrogens with zero attached hydrogens (tertiary/aromatic N) is 3. The van der Waals surface area contributed by atoms with E-state index < -0.39 is 4.92 Å². The van der Waals surface area contributed by atoms with Crippen molar-refractivity contribution < 1.29 is 4.92 Å². The quantitative estimate of drug-likeness (QED) is 0.473. The minimum absolute atomic E-state index is 0.148. The maximum absolute atomic E-state index is 11.0. The summed E-state index contributed by atoms with van der Waals surface area (Å²) in [6.07, 6.45) is 1.23. The van der Waals surface area contributed by atoms with Gasteiger partial charge in [-0.2, -0.15) is 0 Å². The normalized spacial score (nSPS) is 10.4. The lowest BCUT2D eigenvalue weighted by atomic mass is 10.0. The van der Waals surface area contributed by atoms with Crippen LogP contribution in [0.1, 0.15) is 11.1 Å². The highest BCUT2D eigenvalue weighted by atomic mass is 35.5. The molecule has 0 aliphatic heterocycles. The first kappa shape index (κ1) is 12.4. The Bertz CT molecular complexity index is 629. The molecule has 1 heterocycles. The largest absolute Gasteiger partial charge is 0.332 e. The minimum atomic E-state index is -0.559. The van der Waals surface area contributed by atoms with Gasteiger partial charge in [-0.3, -0.25) is 10.1 Å². The number of nitro groups is 1. The van der Waals surface area contributed by atoms with E-state index in [2.05, 4.69) is 9.97 Å². The molecule has 0 aliphatic carbocycles. The fourth-order valence-electron chi connectivity index (χ4n) is 1.80. The Hall–Kier alpha value is -2.01. The lowest BCUT2D eigenvalue weighted by molar-refractivity contribution is -0.384. The summed E-state index contributed by atoms with van der Waals surface area (Å²) in [6.45, 7) is 3.83. The predicted molar refractivity (Wildman–Crippen MR) is 68.6 cm³/mol. The second-order valence-electron chi connectivity index (χ2n) is 3.94. The van der Waals surface area contributed by atoms with Crippen LogP contribution < -0.4 is 0 Å². The summed E-state index contributed by atoms with van der Waals surface area (Å²) >= 11 is 5.77. The zero-order chi connectivity index (χ0) is 13.3. The van der Waals surface area contributed by atoms with Crippen LogP contribution in [-0.4, -0.2) is 14.9 Å². The smallest absolute Gasteiger partial charge is 0.258 e. The van der Waals surface area contributed by atoms with Crippen molar-refractivity contribution >= 4 is 17.3 Å². The molecule has 0 radical (unpaired) electrons. The lowest BCUT2D eigenvalue weighted by Gasteiger charge is -2.07. The first-order valence-corrected chi connectivity index (χ1v) is 5.61. The van der Waals surface area contributed by atoms with E-state index in [0.717, 1.165) is 11.1 Å². The zero-order valence-corrected chi connectivity index (χ0v) is 10.6. The van der Waals surface area contributed by atoms with E-state index in [1.807, 2.05) is 26.0 Å². The molecular formula is C12H10ClN3O2. The number of benzene rings is 1. The van der Waals surface area contributed by atoms with Gasteiger partial charge < -0.3 is 0 Å². The van der Waals surface area contributed by atoms with Crippen molar-refractivity contribution in [3.8, 4) is 11.3 Å². The van der Waals surface area contributed by atoms with Crippen molar-refractivity contribution in [2.75, 3.05) is 0 Å². The molecule has 92 valence electrons. The van der Waals surface area contributed by atoms with Crippen LogP contribution in [0.3, 0.4) is 0 Å². The fraction of sp³-hybridized carbons (Fsp3) is 0.167. The minimum Gasteiger partial charge on any atom is -0.258 e. The molecule has 0 saturated carbocycles. The van der Waals surface area contributed by atoms with Gasteiger partial charge in [-0.1, -0.05) is 35.4 Å². The van der Waals surface area contributed by atoms with Gasteiger partial charge in [0.15, 0.2) is 5.69 Å². The van der Waals surface area contributed by atoms with Crippen LogP contribution >= 0.6 is 11.6 Å². The molecule has 0 spiro atoms. The van der Waals surface area contributed by atoms with Crippen molar-refractivity contribution in [2.24, 2.45) is 0 Å². The molecule has 0 unspecified atom stereocenters. The molecule has 5 nitrogen and oxygen atoms in total. The Morgan fingerprint density at radius 2 is 2.00 bits per heavy atom. The van der Waals surface area contributed by atoms with Gasteiger partial charge in [0.2, 0.25) is 5.15 Å². The van der Waals surface area contributed by atoms with Crippen molar-refractivity contribution in [2.45, 2.75) is 13.8 Å². The van der Waals surface area contributed by atoms with Crippen LogP contribution in [0.25, 0.3) is 11.3 Å². The van der Waals surface area contributed by atoms with E-state index in [1.54, 1.807) is 6.07 Å². The second kappa shape index (κ2) is 4.70. The Balaban J connectivity index is 2.71. The van der Waals surface area contributed by atoms with E-state index >= 15 is 0 Å². The molecule has 0 atom stereocenters. The molecule has 0 saturated heterocycles. The van der Waals surface area contributed by atoms with Crippen molar-refractivity contribution in [3.63, 3.8) is 0 Å². The van der Waals surface area contributed by atoms with E-state index in [-0.39, 0.29) is 16.5 Å². The molecule has 18 heavy (non-hydrogen) atoms. The summed E-state index contributed by atoms with van der Waals surface area (Å²) in [6, 6.07) is 5.62. The molecule has 0 aliphatic rings. The predicted octanol–water partition coefficient (Wildman–Crippen LogP) is 3.32. The van der Waals surface area contributed by atoms with Crippen LogP contribution in [0, 0.1) is 24.0 Å². The number of rotatable bonds is 2. The number of aromatic nitrogens is 2. The highest BCUT2D eigenvalue weighted by Gasteiger charge is 2.23. The Morgan fingerprint density at radius 1 is 1.28 bits per heavy atom. The maximum atomic E-state index is 11.0. The topological polar surface area (TPSA) is 68.9 Å². The van der Waals surface area contributed by atoms with Crippen LogP contribution in [0.5, 0.6) is 0 Å². The van der Waals surface area contributed by atoms with Gasteiger partial charge in [0, 0.05) is 5.56 Å². The number of hydrogen-bond donors (Lipinski definition) is 0. The second-order valence-corrected chi connectivity index (χ2v) is 4.30. The Labute approximate surface area is 109 Å². The monoisotopic (exact) mass is 263 g/mol. The van der Waals surface area contributed by atoms with Gasteiger partial charge in [-0.05, 0) is 19.4 Å². The third-order valence-corrected chi connectivity index (χ3v) is 2.87. The van der Waals surface area contributed by atoms with Gasteiger partial charge in [-0.15, -0.1) is 0 Å². The van der Waals surface area contributed by atoms with Crippen molar-refractivity contribution in [1.82, 2.24) is 9.97 Å². The van der Waals surface area contributed by atoms with Crippen LogP contribution in [0.2, 0.25) is 5.15 Å². The summed E-state index contributed by atoms with van der Waals surface area (Å²) in [7, 11) is 0. The van der Waals surface area contributed by atoms with Crippen molar-refractivity contribution in [3.05, 3.63) is 50.9 Å². The van der Waals surface area contributed by atoms with Gasteiger partial charge in [0.1, 0.15) is 6.33 Å². The highest BCUT2D eigenvalue weighted by molar-refractivity contribution is 6.31. The van der Waals surface area contributed by atoms with Gasteiger partial charge in [-0.25, -0.2) is 9.97 Å². The van der Waals surface area contributed by atoms with Crippen LogP contribution in [0.4, 0.5) is 5.69 Å². The summed E-state index contributed by atoms with van der Waals surface area (Å²) in [5.74, 6) is 0. The van der Waals surface area contributed by atoms with Crippen LogP contribution in [0.15, 0.2) is 24.5 Å². The molecule has 6 heteroatoms. The average Bonchev–Trinajstić information content (AvgIpc) is 2.28. The third-order valence-electron chi connectivity index (χ3n) is 2.60. The molecule has 1 aromatic carbocycles. The standard InChI is InChI=1S/C12H10ClN3O2/c1-7-3-4-9(8(2)5-7)10-11(16(17)18)12(13)15-6-14-10/h3-6H,1-2H3. The van der Waals surface area contributed by atoms with E-state index in [1.165, 1.54) is 6.33 Å². The van der Waals surface area contributed by atoms with Gasteiger partial charge in [0.05, 0.1) is 4.92 Å². The number of aryl methyl sites for hydroxylation is 2. The Morgan fingerprint density at radius 3 is 2.61 bits per heavy atom. The molecule has 0 bridgehead atoms. The van der Waals surface area contributed by atoms with Crippen molar-refractivity contribution in [1.29, 1.82) is 0 Å². The van der Waals surface area contributed by atoms with E-state index in [9.17, 15) is 10.1 Å². The summed E-state index contributed by atoms with van der Waals surface area (Å²) in [5, 5.41) is 10.9. The van der Waals surface area contributed by atoms with E-state index in [0.29, 0.717) is 5.56 Å². The summed E-state index contributed by atoms with van der Waals surface area (Å²) < 4.78 is 0. The average molecular weight is 264 g/mol. The third kappa shape index (κ3) is 2.17. The molecule has 1 aromatic heterocycles. The molecule has 0 N–H and O–H groups in total. The van der Waals surface area contributed by atoms with Gasteiger partial charge in [0.25, 0.3) is 0 Å². The lowest BCUT2D eigenvalue weighted by Crippen LogP contribution is -1.98. The number of hydrogen-bond acceptors (Lipinski definition) is 4. The number of halogens is 1. The highest BCUT2D eigenvalue weighted by Crippen LogP contribution is 2.34. The SMILES string of the molecule is Cc1ccc(-c2ncnc(Cl)c2[N+](=O)[O-])c(C)c1. The summed E-state index contributed by atoms with van der Waals surface area (Å²) in [4.78, 5) is 18.1. The Kier molecular flexibility index (Phi) is 3.25. The molecular weight excluding hydrogens is 254 g/mol. The van der Waals surface area contributed by atoms with Crippen LogP contribution in [-0.2, 0) is 0 Å². The molecule has 0 fully saturated rings. The first-order valence-electron chi connectivity index (χ1n) is 5.23. The molecule has 2 aromatic rings. The zero-order valence-electron chi connectivity index (χ0n) is 9.85. The van der Waals surface area contributed by atoms with Gasteiger partial charge >= 0.3 is 5.69 Å². The molecule has 2 rings (SSSR count). The fourth-order valence-corrected chi connectivity index (χ4v) is 2.00. The maximum Gasteiger partial charge on any atom is 0.332 e. The molecule has 0 amide bonds.